The zero-order valence-corrected chi connectivity index (χ0v) is 17.6. The maximum atomic E-state index is 14.6. The van der Waals surface area contributed by atoms with Crippen LogP contribution in [-0.2, 0) is 4.79 Å². The molecule has 33 heavy (non-hydrogen) atoms. The number of methoxy groups -OCH3 is 1. The normalized spacial score (nSPS) is 13.7. The standard InChI is InChI=1S/C24H19F2N5O2/c1-33-19-9-14(16-5-2-6-18(25)20(16)26)8-17-21(19)29-23(13-4-3-7-28-10-13)30-24(17)31-11-15(12-31)22(27)32/h2-10,15H,11-12H2,1H3,(H2,27,32). The van der Waals surface area contributed by atoms with Gasteiger partial charge in [0.25, 0.3) is 0 Å². The summed E-state index contributed by atoms with van der Waals surface area (Å²) < 4.78 is 34.1. The number of nitrogens with two attached hydrogens (primary N) is 1. The summed E-state index contributed by atoms with van der Waals surface area (Å²) in [5.74, 6) is -1.20. The van der Waals surface area contributed by atoms with Crippen molar-refractivity contribution < 1.29 is 18.3 Å². The van der Waals surface area contributed by atoms with Gasteiger partial charge in [-0.05, 0) is 35.9 Å². The molecule has 0 bridgehead atoms. The molecule has 0 saturated carbocycles. The number of rotatable bonds is 5. The Kier molecular flexibility index (Phi) is 5.08. The molecule has 1 aliphatic heterocycles. The number of carbonyl (C=O) groups is 1. The Morgan fingerprint density at radius 2 is 1.94 bits per heavy atom. The van der Waals surface area contributed by atoms with Crippen LogP contribution in [-0.4, -0.2) is 41.1 Å². The molecule has 0 aliphatic carbocycles. The van der Waals surface area contributed by atoms with Crippen LogP contribution in [0.2, 0.25) is 0 Å². The highest BCUT2D eigenvalue weighted by atomic mass is 19.2. The first kappa shape index (κ1) is 20.7. The first-order valence-corrected chi connectivity index (χ1v) is 10.2. The molecule has 2 N–H and O–H groups in total. The van der Waals surface area contributed by atoms with Gasteiger partial charge in [0, 0.05) is 42.0 Å². The smallest absolute Gasteiger partial charge is 0.224 e. The predicted molar refractivity (Wildman–Crippen MR) is 120 cm³/mol. The molecule has 3 heterocycles. The lowest BCUT2D eigenvalue weighted by Gasteiger charge is -2.39. The van der Waals surface area contributed by atoms with Gasteiger partial charge in [-0.15, -0.1) is 0 Å². The fourth-order valence-corrected chi connectivity index (χ4v) is 3.92. The quantitative estimate of drug-likeness (QED) is 0.503. The van der Waals surface area contributed by atoms with Gasteiger partial charge in [-0.25, -0.2) is 18.7 Å². The summed E-state index contributed by atoms with van der Waals surface area (Å²) in [6, 6.07) is 10.9. The Morgan fingerprint density at radius 1 is 1.12 bits per heavy atom. The van der Waals surface area contributed by atoms with Gasteiger partial charge in [0.05, 0.1) is 13.0 Å². The number of ether oxygens (including phenoxy) is 1. The third kappa shape index (κ3) is 3.61. The van der Waals surface area contributed by atoms with E-state index in [-0.39, 0.29) is 17.4 Å². The molecule has 4 aromatic rings. The van der Waals surface area contributed by atoms with E-state index in [9.17, 15) is 13.6 Å². The average Bonchev–Trinajstić information content (AvgIpc) is 2.79. The largest absolute Gasteiger partial charge is 0.494 e. The van der Waals surface area contributed by atoms with Crippen LogP contribution in [0.5, 0.6) is 5.75 Å². The van der Waals surface area contributed by atoms with E-state index in [1.54, 1.807) is 30.6 Å². The van der Waals surface area contributed by atoms with Crippen molar-refractivity contribution in [2.75, 3.05) is 25.1 Å². The highest BCUT2D eigenvalue weighted by Gasteiger charge is 2.34. The van der Waals surface area contributed by atoms with Gasteiger partial charge in [-0.2, -0.15) is 0 Å². The number of pyridine rings is 1. The molecule has 1 amide bonds. The third-order valence-corrected chi connectivity index (χ3v) is 5.73. The zero-order chi connectivity index (χ0) is 23.1. The van der Waals surface area contributed by atoms with E-state index < -0.39 is 11.6 Å². The highest BCUT2D eigenvalue weighted by Crippen LogP contribution is 2.39. The number of carbonyl (C=O) groups excluding carboxylic acids is 1. The van der Waals surface area contributed by atoms with Crippen LogP contribution < -0.4 is 15.4 Å². The molecule has 9 heteroatoms. The van der Waals surface area contributed by atoms with Crippen molar-refractivity contribution in [1.82, 2.24) is 15.0 Å². The topological polar surface area (TPSA) is 94.2 Å². The van der Waals surface area contributed by atoms with E-state index in [1.807, 2.05) is 11.0 Å². The molecule has 1 aliphatic rings. The summed E-state index contributed by atoms with van der Waals surface area (Å²) in [4.78, 5) is 27.0. The van der Waals surface area contributed by atoms with Gasteiger partial charge in [0.2, 0.25) is 5.91 Å². The number of primary amides is 1. The lowest BCUT2D eigenvalue weighted by Crippen LogP contribution is -2.53. The van der Waals surface area contributed by atoms with E-state index in [0.29, 0.717) is 52.5 Å². The molecule has 166 valence electrons. The first-order chi connectivity index (χ1) is 16.0. The van der Waals surface area contributed by atoms with E-state index in [4.69, 9.17) is 15.5 Å². The van der Waals surface area contributed by atoms with Crippen molar-refractivity contribution in [2.24, 2.45) is 11.7 Å². The molecular weight excluding hydrogens is 428 g/mol. The third-order valence-electron chi connectivity index (χ3n) is 5.73. The Balaban J connectivity index is 1.74. The second kappa shape index (κ2) is 8.09. The molecule has 2 aromatic carbocycles. The highest BCUT2D eigenvalue weighted by molar-refractivity contribution is 5.99. The maximum absolute atomic E-state index is 14.6. The number of hydrogen-bond acceptors (Lipinski definition) is 6. The van der Waals surface area contributed by atoms with Gasteiger partial charge in [-0.3, -0.25) is 9.78 Å². The summed E-state index contributed by atoms with van der Waals surface area (Å²) in [5, 5.41) is 0.587. The number of aromatic nitrogens is 3. The number of nitrogens with zero attached hydrogens (tertiary/aromatic N) is 4. The van der Waals surface area contributed by atoms with Crippen molar-refractivity contribution in [3.05, 3.63) is 66.5 Å². The summed E-state index contributed by atoms with van der Waals surface area (Å²) in [6.45, 7) is 0.795. The molecule has 1 saturated heterocycles. The van der Waals surface area contributed by atoms with E-state index in [0.717, 1.165) is 6.07 Å². The SMILES string of the molecule is COc1cc(-c2cccc(F)c2F)cc2c(N3CC(C(N)=O)C3)nc(-c3cccnc3)nc12. The number of halogens is 2. The van der Waals surface area contributed by atoms with Crippen LogP contribution >= 0.6 is 0 Å². The van der Waals surface area contributed by atoms with E-state index in [1.165, 1.54) is 19.2 Å². The van der Waals surface area contributed by atoms with Crippen LogP contribution in [0.25, 0.3) is 33.4 Å². The van der Waals surface area contributed by atoms with Gasteiger partial charge in [0.15, 0.2) is 17.5 Å². The van der Waals surface area contributed by atoms with Crippen molar-refractivity contribution in [3.8, 4) is 28.3 Å². The molecule has 5 rings (SSSR count). The van der Waals surface area contributed by atoms with Crippen LogP contribution in [0.15, 0.2) is 54.9 Å². The Bertz CT molecular complexity index is 1370. The molecule has 0 atom stereocenters. The van der Waals surface area contributed by atoms with Crippen molar-refractivity contribution in [1.29, 1.82) is 0 Å². The Morgan fingerprint density at radius 3 is 2.64 bits per heavy atom. The van der Waals surface area contributed by atoms with Crippen LogP contribution in [0.4, 0.5) is 14.6 Å². The van der Waals surface area contributed by atoms with Crippen LogP contribution in [0, 0.1) is 17.6 Å². The summed E-state index contributed by atoms with van der Waals surface area (Å²) in [6.07, 6.45) is 3.30. The lowest BCUT2D eigenvalue weighted by molar-refractivity contribution is -0.122. The summed E-state index contributed by atoms with van der Waals surface area (Å²) in [5.41, 5.74) is 7.16. The molecule has 0 spiro atoms. The first-order valence-electron chi connectivity index (χ1n) is 10.2. The van der Waals surface area contributed by atoms with Crippen molar-refractivity contribution >= 4 is 22.6 Å². The number of amides is 1. The minimum absolute atomic E-state index is 0.0936. The average molecular weight is 447 g/mol. The molecule has 7 nitrogen and oxygen atoms in total. The monoisotopic (exact) mass is 447 g/mol. The Hall–Kier alpha value is -4.14. The van der Waals surface area contributed by atoms with E-state index in [2.05, 4.69) is 9.97 Å². The number of fused-ring (bicyclic) bond motifs is 1. The molecule has 2 aromatic heterocycles. The van der Waals surface area contributed by atoms with E-state index >= 15 is 0 Å². The molecule has 1 fully saturated rings. The van der Waals surface area contributed by atoms with Gasteiger partial charge >= 0.3 is 0 Å². The van der Waals surface area contributed by atoms with Gasteiger partial charge < -0.3 is 15.4 Å². The lowest BCUT2D eigenvalue weighted by atomic mass is 9.97. The fourth-order valence-electron chi connectivity index (χ4n) is 3.92. The molecule has 0 unspecified atom stereocenters. The van der Waals surface area contributed by atoms with Gasteiger partial charge in [-0.1, -0.05) is 12.1 Å². The van der Waals surface area contributed by atoms with Crippen molar-refractivity contribution in [2.45, 2.75) is 0 Å². The minimum Gasteiger partial charge on any atom is -0.494 e. The number of benzene rings is 2. The molecule has 0 radical (unpaired) electrons. The summed E-state index contributed by atoms with van der Waals surface area (Å²) >= 11 is 0. The van der Waals surface area contributed by atoms with Crippen LogP contribution in [0.3, 0.4) is 0 Å². The second-order valence-electron chi connectivity index (χ2n) is 7.79. The molecular formula is C24H19F2N5O2. The van der Waals surface area contributed by atoms with Crippen molar-refractivity contribution in [3.63, 3.8) is 0 Å². The Labute approximate surface area is 187 Å². The number of anilines is 1. The van der Waals surface area contributed by atoms with Gasteiger partial charge in [0.1, 0.15) is 17.1 Å². The predicted octanol–water partition coefficient (Wildman–Crippen LogP) is 3.57. The second-order valence-corrected chi connectivity index (χ2v) is 7.79. The number of hydrogen-bond donors (Lipinski definition) is 1. The zero-order valence-electron chi connectivity index (χ0n) is 17.6. The maximum Gasteiger partial charge on any atom is 0.224 e. The fraction of sp³-hybridized carbons (Fsp3) is 0.167. The minimum atomic E-state index is -0.953. The summed E-state index contributed by atoms with van der Waals surface area (Å²) in [7, 11) is 1.48. The van der Waals surface area contributed by atoms with Crippen LogP contribution in [0.1, 0.15) is 0 Å².